The number of amides is 1. The van der Waals surface area contributed by atoms with Crippen molar-refractivity contribution in [3.8, 4) is 0 Å². The van der Waals surface area contributed by atoms with Crippen LogP contribution in [-0.2, 0) is 0 Å². The Morgan fingerprint density at radius 1 is 1.38 bits per heavy atom. The van der Waals surface area contributed by atoms with Crippen LogP contribution in [-0.4, -0.2) is 35.4 Å². The van der Waals surface area contributed by atoms with Gasteiger partial charge in [0.2, 0.25) is 0 Å². The molecule has 1 aromatic carbocycles. The van der Waals surface area contributed by atoms with Crippen LogP contribution >= 0.6 is 0 Å². The van der Waals surface area contributed by atoms with E-state index in [1.165, 1.54) is 0 Å². The van der Waals surface area contributed by atoms with Crippen molar-refractivity contribution in [1.29, 1.82) is 0 Å². The standard InChI is InChI=1S/C16H21N3O2/c1-12-7-10-19(18-12)14-5-3-13(4-6-14)15(20)17-11-16(21)8-2-9-16/h3-6,21H,2,7-11H2,1H3,(H,17,20). The van der Waals surface area contributed by atoms with E-state index in [9.17, 15) is 9.90 Å². The lowest BCUT2D eigenvalue weighted by molar-refractivity contribution is -0.0300. The summed E-state index contributed by atoms with van der Waals surface area (Å²) in [4.78, 5) is 12.1. The molecule has 21 heavy (non-hydrogen) atoms. The summed E-state index contributed by atoms with van der Waals surface area (Å²) in [6.07, 6.45) is 3.58. The van der Waals surface area contributed by atoms with Gasteiger partial charge in [-0.05, 0) is 50.5 Å². The average molecular weight is 287 g/mol. The molecule has 1 saturated carbocycles. The second kappa shape index (κ2) is 5.48. The Balaban J connectivity index is 1.59. The smallest absolute Gasteiger partial charge is 0.251 e. The molecule has 0 bridgehead atoms. The number of hydrogen-bond acceptors (Lipinski definition) is 4. The maximum atomic E-state index is 12.1. The SMILES string of the molecule is CC1=NN(c2ccc(C(=O)NCC3(O)CCC3)cc2)CC1. The predicted octanol–water partition coefficient (Wildman–Crippen LogP) is 1.92. The second-order valence-electron chi connectivity index (χ2n) is 6.02. The molecule has 0 radical (unpaired) electrons. The van der Waals surface area contributed by atoms with E-state index in [1.807, 2.05) is 24.1 Å². The highest BCUT2D eigenvalue weighted by Crippen LogP contribution is 2.30. The van der Waals surface area contributed by atoms with E-state index in [-0.39, 0.29) is 5.91 Å². The van der Waals surface area contributed by atoms with Crippen molar-refractivity contribution in [1.82, 2.24) is 5.32 Å². The highest BCUT2D eigenvalue weighted by molar-refractivity contribution is 5.94. The van der Waals surface area contributed by atoms with E-state index < -0.39 is 5.60 Å². The molecule has 1 aliphatic carbocycles. The maximum Gasteiger partial charge on any atom is 0.251 e. The van der Waals surface area contributed by atoms with E-state index in [4.69, 9.17) is 0 Å². The molecule has 3 rings (SSSR count). The van der Waals surface area contributed by atoms with Crippen molar-refractivity contribution < 1.29 is 9.90 Å². The van der Waals surface area contributed by atoms with Crippen LogP contribution in [0.1, 0.15) is 43.0 Å². The lowest BCUT2D eigenvalue weighted by Crippen LogP contribution is -2.47. The normalized spacial score (nSPS) is 19.9. The minimum absolute atomic E-state index is 0.136. The number of carbonyl (C=O) groups excluding carboxylic acids is 1. The first-order chi connectivity index (χ1) is 10.1. The highest BCUT2D eigenvalue weighted by atomic mass is 16.3. The molecule has 112 valence electrons. The molecule has 2 N–H and O–H groups in total. The number of nitrogens with zero attached hydrogens (tertiary/aromatic N) is 2. The zero-order valence-electron chi connectivity index (χ0n) is 12.3. The van der Waals surface area contributed by atoms with E-state index in [2.05, 4.69) is 10.4 Å². The Morgan fingerprint density at radius 3 is 2.62 bits per heavy atom. The molecule has 0 aromatic heterocycles. The van der Waals surface area contributed by atoms with Gasteiger partial charge in [-0.25, -0.2) is 0 Å². The van der Waals surface area contributed by atoms with Crippen LogP contribution < -0.4 is 10.3 Å². The van der Waals surface area contributed by atoms with Crippen molar-refractivity contribution in [2.45, 2.75) is 38.2 Å². The lowest BCUT2D eigenvalue weighted by atomic mass is 9.80. The number of carbonyl (C=O) groups is 1. The first kappa shape index (κ1) is 14.1. The van der Waals surface area contributed by atoms with E-state index in [0.717, 1.165) is 43.6 Å². The largest absolute Gasteiger partial charge is 0.388 e. The van der Waals surface area contributed by atoms with Gasteiger partial charge in [0.05, 0.1) is 11.3 Å². The Labute approximate surface area is 124 Å². The lowest BCUT2D eigenvalue weighted by Gasteiger charge is -2.36. The van der Waals surface area contributed by atoms with E-state index in [1.54, 1.807) is 12.1 Å². The third-order valence-electron chi connectivity index (χ3n) is 4.27. The van der Waals surface area contributed by atoms with Gasteiger partial charge in [0.15, 0.2) is 0 Å². The number of hydrazone groups is 1. The van der Waals surface area contributed by atoms with Gasteiger partial charge in [0, 0.05) is 30.8 Å². The van der Waals surface area contributed by atoms with Gasteiger partial charge in [-0.2, -0.15) is 5.10 Å². The Morgan fingerprint density at radius 2 is 2.10 bits per heavy atom. The van der Waals surface area contributed by atoms with Crippen LogP contribution in [0.4, 0.5) is 5.69 Å². The molecule has 0 atom stereocenters. The summed E-state index contributed by atoms with van der Waals surface area (Å²) in [5.41, 5.74) is 2.06. The molecule has 1 amide bonds. The fourth-order valence-corrected chi connectivity index (χ4v) is 2.65. The minimum Gasteiger partial charge on any atom is -0.388 e. The van der Waals surface area contributed by atoms with Crippen LogP contribution in [0.2, 0.25) is 0 Å². The second-order valence-corrected chi connectivity index (χ2v) is 6.02. The van der Waals surface area contributed by atoms with Gasteiger partial charge in [0.25, 0.3) is 5.91 Å². The summed E-state index contributed by atoms with van der Waals surface area (Å²) < 4.78 is 0. The van der Waals surface area contributed by atoms with Gasteiger partial charge in [-0.15, -0.1) is 0 Å². The van der Waals surface area contributed by atoms with Crippen molar-refractivity contribution in [2.24, 2.45) is 5.10 Å². The molecule has 2 aliphatic rings. The first-order valence-electron chi connectivity index (χ1n) is 7.48. The van der Waals surface area contributed by atoms with E-state index in [0.29, 0.717) is 12.1 Å². The topological polar surface area (TPSA) is 64.9 Å². The molecular formula is C16H21N3O2. The molecule has 5 nitrogen and oxygen atoms in total. The fraction of sp³-hybridized carbons (Fsp3) is 0.500. The fourth-order valence-electron chi connectivity index (χ4n) is 2.65. The quantitative estimate of drug-likeness (QED) is 0.889. The zero-order valence-corrected chi connectivity index (χ0v) is 12.3. The summed E-state index contributed by atoms with van der Waals surface area (Å²) >= 11 is 0. The summed E-state index contributed by atoms with van der Waals surface area (Å²) in [6.45, 7) is 3.25. The molecule has 1 heterocycles. The molecule has 0 saturated heterocycles. The average Bonchev–Trinajstić information content (AvgIpc) is 2.89. The first-order valence-corrected chi connectivity index (χ1v) is 7.48. The van der Waals surface area contributed by atoms with Crippen LogP contribution in [0.25, 0.3) is 0 Å². The van der Waals surface area contributed by atoms with Gasteiger partial charge in [0.1, 0.15) is 0 Å². The summed E-state index contributed by atoms with van der Waals surface area (Å²) in [6, 6.07) is 7.43. The van der Waals surface area contributed by atoms with Crippen LogP contribution in [0.3, 0.4) is 0 Å². The van der Waals surface area contributed by atoms with Gasteiger partial charge in [-0.3, -0.25) is 9.80 Å². The number of benzene rings is 1. The van der Waals surface area contributed by atoms with Crippen molar-refractivity contribution in [3.05, 3.63) is 29.8 Å². The van der Waals surface area contributed by atoms with Crippen LogP contribution in [0.5, 0.6) is 0 Å². The third kappa shape index (κ3) is 3.08. The molecular weight excluding hydrogens is 266 g/mol. The number of anilines is 1. The Hall–Kier alpha value is -1.88. The van der Waals surface area contributed by atoms with Crippen LogP contribution in [0.15, 0.2) is 29.4 Å². The molecule has 5 heteroatoms. The van der Waals surface area contributed by atoms with Gasteiger partial charge in [-0.1, -0.05) is 0 Å². The van der Waals surface area contributed by atoms with Gasteiger partial charge < -0.3 is 10.4 Å². The number of rotatable bonds is 4. The molecule has 1 aliphatic heterocycles. The molecule has 0 spiro atoms. The van der Waals surface area contributed by atoms with Crippen LogP contribution in [0, 0.1) is 0 Å². The minimum atomic E-state index is -0.683. The third-order valence-corrected chi connectivity index (χ3v) is 4.27. The Kier molecular flexibility index (Phi) is 3.68. The Bertz CT molecular complexity index is 561. The predicted molar refractivity (Wildman–Crippen MR) is 82.6 cm³/mol. The summed E-state index contributed by atoms with van der Waals surface area (Å²) in [5.74, 6) is -0.136. The van der Waals surface area contributed by atoms with Crippen molar-refractivity contribution in [2.75, 3.05) is 18.1 Å². The van der Waals surface area contributed by atoms with Crippen molar-refractivity contribution in [3.63, 3.8) is 0 Å². The molecule has 1 aromatic rings. The summed E-state index contributed by atoms with van der Waals surface area (Å²) in [5, 5.41) is 19.2. The molecule has 1 fully saturated rings. The highest BCUT2D eigenvalue weighted by Gasteiger charge is 2.34. The monoisotopic (exact) mass is 287 g/mol. The number of aliphatic hydroxyl groups is 1. The molecule has 0 unspecified atom stereocenters. The van der Waals surface area contributed by atoms with Crippen molar-refractivity contribution >= 4 is 17.3 Å². The zero-order chi connectivity index (χ0) is 14.9. The van der Waals surface area contributed by atoms with E-state index >= 15 is 0 Å². The van der Waals surface area contributed by atoms with Gasteiger partial charge >= 0.3 is 0 Å². The maximum absolute atomic E-state index is 12.1. The number of hydrogen-bond donors (Lipinski definition) is 2. The number of nitrogens with one attached hydrogen (secondary N) is 1. The summed E-state index contributed by atoms with van der Waals surface area (Å²) in [7, 11) is 0.